The first-order valence-electron chi connectivity index (χ1n) is 4.51. The van der Waals surface area contributed by atoms with Gasteiger partial charge in [-0.2, -0.15) is 5.10 Å². The van der Waals surface area contributed by atoms with Gasteiger partial charge in [0.05, 0.1) is 6.20 Å². The molecule has 82 valence electrons. The molecule has 1 aromatic heterocycles. The van der Waals surface area contributed by atoms with Crippen LogP contribution in [-0.2, 0) is 11.3 Å². The summed E-state index contributed by atoms with van der Waals surface area (Å²) < 4.78 is 6.17. The molecule has 3 N–H and O–H groups in total. The molecular formula is C9H14N4O2. The van der Waals surface area contributed by atoms with Crippen LogP contribution >= 0.6 is 0 Å². The summed E-state index contributed by atoms with van der Waals surface area (Å²) in [5, 5.41) is 7.09. The lowest BCUT2D eigenvalue weighted by atomic mass is 10.3. The van der Waals surface area contributed by atoms with E-state index in [-0.39, 0.29) is 6.61 Å². The fourth-order valence-corrected chi connectivity index (χ4v) is 1.03. The summed E-state index contributed by atoms with van der Waals surface area (Å²) in [5.74, 6) is 0. The van der Waals surface area contributed by atoms with Crippen LogP contribution in [0.25, 0.3) is 6.20 Å². The minimum absolute atomic E-state index is 0.269. The predicted molar refractivity (Wildman–Crippen MR) is 55.9 cm³/mol. The molecule has 0 atom stereocenters. The van der Waals surface area contributed by atoms with Gasteiger partial charge in [-0.25, -0.2) is 9.48 Å². The zero-order chi connectivity index (χ0) is 11.1. The molecule has 0 spiro atoms. The number of nitrogens with zero attached hydrogens (tertiary/aromatic N) is 2. The molecule has 0 fully saturated rings. The van der Waals surface area contributed by atoms with Crippen molar-refractivity contribution in [1.29, 1.82) is 0 Å². The molecule has 0 unspecified atom stereocenters. The number of nitrogens with one attached hydrogen (secondary N) is 1. The van der Waals surface area contributed by atoms with Crippen molar-refractivity contribution in [3.8, 4) is 0 Å². The topological polar surface area (TPSA) is 82.2 Å². The Labute approximate surface area is 87.7 Å². The molecule has 0 radical (unpaired) electrons. The molecule has 0 aliphatic heterocycles. The predicted octanol–water partition coefficient (Wildman–Crippen LogP) is 0.169. The van der Waals surface area contributed by atoms with Gasteiger partial charge in [0.2, 0.25) is 0 Å². The Balaban J connectivity index is 2.14. The van der Waals surface area contributed by atoms with Crippen molar-refractivity contribution < 1.29 is 9.53 Å². The molecule has 15 heavy (non-hydrogen) atoms. The number of nitrogens with two attached hydrogens (primary N) is 1. The molecule has 0 aliphatic rings. The van der Waals surface area contributed by atoms with Gasteiger partial charge >= 0.3 is 6.09 Å². The summed E-state index contributed by atoms with van der Waals surface area (Å²) >= 11 is 0. The Morgan fingerprint density at radius 1 is 1.80 bits per heavy atom. The SMILES string of the molecule is C=Cn1cc(CNCCOC(N)=O)cn1. The molecular weight excluding hydrogens is 196 g/mol. The smallest absolute Gasteiger partial charge is 0.404 e. The highest BCUT2D eigenvalue weighted by atomic mass is 16.5. The van der Waals surface area contributed by atoms with E-state index in [1.165, 1.54) is 0 Å². The number of carbonyl (C=O) groups is 1. The molecule has 6 heteroatoms. The van der Waals surface area contributed by atoms with E-state index >= 15 is 0 Å². The van der Waals surface area contributed by atoms with Gasteiger partial charge in [0.1, 0.15) is 6.61 Å². The zero-order valence-corrected chi connectivity index (χ0v) is 8.35. The molecule has 1 heterocycles. The third kappa shape index (κ3) is 4.28. The van der Waals surface area contributed by atoms with Crippen LogP contribution in [0.3, 0.4) is 0 Å². The maximum atomic E-state index is 10.2. The number of hydrogen-bond acceptors (Lipinski definition) is 4. The Kier molecular flexibility index (Phi) is 4.36. The largest absolute Gasteiger partial charge is 0.448 e. The lowest BCUT2D eigenvalue weighted by molar-refractivity contribution is 0.157. The van der Waals surface area contributed by atoms with E-state index < -0.39 is 6.09 Å². The lowest BCUT2D eigenvalue weighted by Gasteiger charge is -2.02. The van der Waals surface area contributed by atoms with E-state index in [0.29, 0.717) is 13.1 Å². The van der Waals surface area contributed by atoms with Crippen LogP contribution in [-0.4, -0.2) is 29.0 Å². The second-order valence-corrected chi connectivity index (χ2v) is 2.86. The average Bonchev–Trinajstić information content (AvgIpc) is 2.65. The first kappa shape index (κ1) is 11.3. The van der Waals surface area contributed by atoms with Crippen LogP contribution in [0.5, 0.6) is 0 Å². The van der Waals surface area contributed by atoms with Gasteiger partial charge in [0.25, 0.3) is 0 Å². The molecule has 0 aliphatic carbocycles. The minimum Gasteiger partial charge on any atom is -0.448 e. The average molecular weight is 210 g/mol. The van der Waals surface area contributed by atoms with Gasteiger partial charge in [0.15, 0.2) is 0 Å². The van der Waals surface area contributed by atoms with Crippen LogP contribution in [0.15, 0.2) is 19.0 Å². The van der Waals surface area contributed by atoms with Gasteiger partial charge in [-0.15, -0.1) is 0 Å². The molecule has 1 rings (SSSR count). The summed E-state index contributed by atoms with van der Waals surface area (Å²) in [6, 6.07) is 0. The van der Waals surface area contributed by atoms with Gasteiger partial charge < -0.3 is 15.8 Å². The van der Waals surface area contributed by atoms with Crippen molar-refractivity contribution in [3.05, 3.63) is 24.5 Å². The number of ether oxygens (including phenoxy) is 1. The van der Waals surface area contributed by atoms with E-state index in [9.17, 15) is 4.79 Å². The van der Waals surface area contributed by atoms with Crippen LogP contribution in [0.2, 0.25) is 0 Å². The number of hydrogen-bond donors (Lipinski definition) is 2. The maximum Gasteiger partial charge on any atom is 0.404 e. The maximum absolute atomic E-state index is 10.2. The van der Waals surface area contributed by atoms with Crippen molar-refractivity contribution >= 4 is 12.3 Å². The van der Waals surface area contributed by atoms with Crippen LogP contribution in [0, 0.1) is 0 Å². The first-order valence-corrected chi connectivity index (χ1v) is 4.51. The fraction of sp³-hybridized carbons (Fsp3) is 0.333. The highest BCUT2D eigenvalue weighted by Gasteiger charge is 1.96. The van der Waals surface area contributed by atoms with Crippen LogP contribution in [0.1, 0.15) is 5.56 Å². The van der Waals surface area contributed by atoms with Crippen LogP contribution < -0.4 is 11.1 Å². The summed E-state index contributed by atoms with van der Waals surface area (Å²) in [6.07, 6.45) is 4.45. The van der Waals surface area contributed by atoms with E-state index in [0.717, 1.165) is 5.56 Å². The Morgan fingerprint density at radius 3 is 3.20 bits per heavy atom. The summed E-state index contributed by atoms with van der Waals surface area (Å²) in [5.41, 5.74) is 5.83. The second kappa shape index (κ2) is 5.82. The highest BCUT2D eigenvalue weighted by Crippen LogP contribution is 1.96. The monoisotopic (exact) mass is 210 g/mol. The third-order valence-corrected chi connectivity index (χ3v) is 1.69. The number of rotatable bonds is 6. The Hall–Kier alpha value is -1.82. The molecule has 6 nitrogen and oxygen atoms in total. The second-order valence-electron chi connectivity index (χ2n) is 2.86. The summed E-state index contributed by atoms with van der Waals surface area (Å²) in [6.45, 7) is 5.07. The van der Waals surface area contributed by atoms with Crippen LogP contribution in [0.4, 0.5) is 4.79 Å². The van der Waals surface area contributed by atoms with E-state index in [2.05, 4.69) is 21.7 Å². The van der Waals surface area contributed by atoms with E-state index in [1.54, 1.807) is 17.1 Å². The normalized spacial score (nSPS) is 9.87. The van der Waals surface area contributed by atoms with Crippen molar-refractivity contribution in [1.82, 2.24) is 15.1 Å². The van der Waals surface area contributed by atoms with Gasteiger partial charge in [0, 0.05) is 31.0 Å². The van der Waals surface area contributed by atoms with Crippen molar-refractivity contribution in [2.45, 2.75) is 6.54 Å². The van der Waals surface area contributed by atoms with E-state index in [1.807, 2.05) is 6.20 Å². The third-order valence-electron chi connectivity index (χ3n) is 1.69. The molecule has 1 amide bonds. The quantitative estimate of drug-likeness (QED) is 0.656. The standard InChI is InChI=1S/C9H14N4O2/c1-2-13-7-8(6-12-13)5-11-3-4-15-9(10)14/h2,6-7,11H,1,3-5H2,(H2,10,14). The zero-order valence-electron chi connectivity index (χ0n) is 8.35. The Morgan fingerprint density at radius 2 is 2.60 bits per heavy atom. The van der Waals surface area contributed by atoms with Crippen molar-refractivity contribution in [2.24, 2.45) is 5.73 Å². The number of aromatic nitrogens is 2. The Bertz CT molecular complexity index is 335. The molecule has 0 saturated carbocycles. The van der Waals surface area contributed by atoms with Gasteiger partial charge in [-0.3, -0.25) is 0 Å². The lowest BCUT2D eigenvalue weighted by Crippen LogP contribution is -2.23. The summed E-state index contributed by atoms with van der Waals surface area (Å²) in [4.78, 5) is 10.2. The molecule has 0 bridgehead atoms. The number of primary amides is 1. The van der Waals surface area contributed by atoms with E-state index in [4.69, 9.17) is 5.73 Å². The first-order chi connectivity index (χ1) is 7.22. The number of carbonyl (C=O) groups excluding carboxylic acids is 1. The fourth-order valence-electron chi connectivity index (χ4n) is 1.03. The van der Waals surface area contributed by atoms with Crippen molar-refractivity contribution in [2.75, 3.05) is 13.2 Å². The van der Waals surface area contributed by atoms with Gasteiger partial charge in [-0.1, -0.05) is 6.58 Å². The van der Waals surface area contributed by atoms with Crippen molar-refractivity contribution in [3.63, 3.8) is 0 Å². The molecule has 1 aromatic rings. The summed E-state index contributed by atoms with van der Waals surface area (Å²) in [7, 11) is 0. The van der Waals surface area contributed by atoms with Gasteiger partial charge in [-0.05, 0) is 0 Å². The molecule has 0 aromatic carbocycles. The highest BCUT2D eigenvalue weighted by molar-refractivity contribution is 5.64. The molecule has 0 saturated heterocycles. The number of amides is 1. The minimum atomic E-state index is -0.753.